The van der Waals surface area contributed by atoms with Gasteiger partial charge in [0.1, 0.15) is 5.75 Å². The molecule has 1 aromatic rings. The lowest BCUT2D eigenvalue weighted by molar-refractivity contribution is -0.110. The molecule has 0 radical (unpaired) electrons. The Morgan fingerprint density at radius 2 is 2.12 bits per heavy atom. The van der Waals surface area contributed by atoms with Crippen LogP contribution >= 0.6 is 0 Å². The fraction of sp³-hybridized carbons (Fsp3) is 0.632. The first-order valence-electron chi connectivity index (χ1n) is 8.74. The van der Waals surface area contributed by atoms with E-state index in [0.717, 1.165) is 51.1 Å². The summed E-state index contributed by atoms with van der Waals surface area (Å²) >= 11 is 0. The molecule has 0 spiro atoms. The van der Waals surface area contributed by atoms with Crippen LogP contribution in [0.3, 0.4) is 0 Å². The Kier molecular flexibility index (Phi) is 6.91. The van der Waals surface area contributed by atoms with Crippen molar-refractivity contribution in [2.75, 3.05) is 38.8 Å². The van der Waals surface area contributed by atoms with Gasteiger partial charge >= 0.3 is 0 Å². The van der Waals surface area contributed by atoms with Crippen molar-refractivity contribution in [1.29, 1.82) is 0 Å². The van der Waals surface area contributed by atoms with Crippen LogP contribution < -0.4 is 15.0 Å². The van der Waals surface area contributed by atoms with Gasteiger partial charge in [-0.1, -0.05) is 19.9 Å². The summed E-state index contributed by atoms with van der Waals surface area (Å²) in [4.78, 5) is 13.3. The van der Waals surface area contributed by atoms with E-state index in [1.54, 1.807) is 14.2 Å². The van der Waals surface area contributed by atoms with Gasteiger partial charge in [-0.05, 0) is 42.4 Å². The standard InChI is InChI=1S/C19H30N2O3/c1-14(2)17(20-13-22)12-15-6-7-18(24-4)19-16(15)8-10-21(19)9-5-11-23-3/h6-7,13-14,17H,5,8-12H2,1-4H3,(H,20,22). The van der Waals surface area contributed by atoms with Crippen molar-refractivity contribution in [3.05, 3.63) is 23.3 Å². The van der Waals surface area contributed by atoms with E-state index in [9.17, 15) is 4.79 Å². The van der Waals surface area contributed by atoms with Crippen LogP contribution in [0.25, 0.3) is 0 Å². The average Bonchev–Trinajstić information content (AvgIpc) is 2.99. The SMILES string of the molecule is COCCCN1CCc2c(CC(NC=O)C(C)C)ccc(OC)c21. The summed E-state index contributed by atoms with van der Waals surface area (Å²) in [6, 6.07) is 4.36. The van der Waals surface area contributed by atoms with Gasteiger partial charge < -0.3 is 19.7 Å². The van der Waals surface area contributed by atoms with E-state index < -0.39 is 0 Å². The molecular weight excluding hydrogens is 304 g/mol. The smallest absolute Gasteiger partial charge is 0.207 e. The normalized spacial score (nSPS) is 14.6. The number of hydrogen-bond donors (Lipinski definition) is 1. The van der Waals surface area contributed by atoms with Gasteiger partial charge in [-0.2, -0.15) is 0 Å². The van der Waals surface area contributed by atoms with Crippen LogP contribution in [0, 0.1) is 5.92 Å². The van der Waals surface area contributed by atoms with Gasteiger partial charge in [0.15, 0.2) is 0 Å². The molecule has 1 aliphatic rings. The lowest BCUT2D eigenvalue weighted by Crippen LogP contribution is -2.35. The molecule has 1 atom stereocenters. The van der Waals surface area contributed by atoms with Crippen LogP contribution in [-0.2, 0) is 22.4 Å². The number of benzene rings is 1. The van der Waals surface area contributed by atoms with Gasteiger partial charge in [0.2, 0.25) is 6.41 Å². The number of amides is 1. The van der Waals surface area contributed by atoms with Crippen molar-refractivity contribution in [3.8, 4) is 5.75 Å². The summed E-state index contributed by atoms with van der Waals surface area (Å²) in [5, 5.41) is 2.96. The summed E-state index contributed by atoms with van der Waals surface area (Å²) in [5.74, 6) is 1.33. The summed E-state index contributed by atoms with van der Waals surface area (Å²) in [6.45, 7) is 7.04. The van der Waals surface area contributed by atoms with Crippen molar-refractivity contribution in [2.45, 2.75) is 39.2 Å². The highest BCUT2D eigenvalue weighted by Crippen LogP contribution is 2.40. The lowest BCUT2D eigenvalue weighted by Gasteiger charge is -2.24. The Morgan fingerprint density at radius 1 is 1.33 bits per heavy atom. The second-order valence-electron chi connectivity index (χ2n) is 6.68. The number of carbonyl (C=O) groups excluding carboxylic acids is 1. The summed E-state index contributed by atoms with van der Waals surface area (Å²) in [6.07, 6.45) is 3.70. The number of rotatable bonds is 10. The highest BCUT2D eigenvalue weighted by atomic mass is 16.5. The quantitative estimate of drug-likeness (QED) is 0.527. The zero-order valence-corrected chi connectivity index (χ0v) is 15.3. The molecule has 5 heteroatoms. The van der Waals surface area contributed by atoms with E-state index in [4.69, 9.17) is 9.47 Å². The van der Waals surface area contributed by atoms with Crippen LogP contribution in [0.15, 0.2) is 12.1 Å². The Morgan fingerprint density at radius 3 is 2.75 bits per heavy atom. The molecule has 24 heavy (non-hydrogen) atoms. The Bertz CT molecular complexity index is 546. The number of ether oxygens (including phenoxy) is 2. The molecule has 0 saturated carbocycles. The topological polar surface area (TPSA) is 50.8 Å². The molecule has 1 heterocycles. The van der Waals surface area contributed by atoms with Crippen LogP contribution in [0.1, 0.15) is 31.4 Å². The molecule has 0 bridgehead atoms. The minimum absolute atomic E-state index is 0.155. The summed E-state index contributed by atoms with van der Waals surface area (Å²) in [7, 11) is 3.47. The molecule has 0 aliphatic carbocycles. The molecule has 1 aromatic carbocycles. The third-order valence-electron chi connectivity index (χ3n) is 4.81. The van der Waals surface area contributed by atoms with Crippen LogP contribution in [0.2, 0.25) is 0 Å². The van der Waals surface area contributed by atoms with Crippen LogP contribution in [0.4, 0.5) is 5.69 Å². The lowest BCUT2D eigenvalue weighted by atomic mass is 9.92. The maximum Gasteiger partial charge on any atom is 0.207 e. The van der Waals surface area contributed by atoms with E-state index in [1.807, 2.05) is 0 Å². The Labute approximate surface area is 145 Å². The Hall–Kier alpha value is -1.75. The van der Waals surface area contributed by atoms with Crippen molar-refractivity contribution in [3.63, 3.8) is 0 Å². The predicted octanol–water partition coefficient (Wildman–Crippen LogP) is 2.41. The zero-order chi connectivity index (χ0) is 17.5. The molecule has 1 amide bonds. The third-order valence-corrected chi connectivity index (χ3v) is 4.81. The second kappa shape index (κ2) is 8.92. The van der Waals surface area contributed by atoms with Gasteiger partial charge in [0.25, 0.3) is 0 Å². The highest BCUT2D eigenvalue weighted by Gasteiger charge is 2.27. The molecule has 0 fully saturated rings. The van der Waals surface area contributed by atoms with E-state index in [1.165, 1.54) is 16.8 Å². The molecule has 1 unspecified atom stereocenters. The minimum Gasteiger partial charge on any atom is -0.495 e. The van der Waals surface area contributed by atoms with E-state index in [2.05, 4.69) is 36.2 Å². The van der Waals surface area contributed by atoms with Crippen molar-refractivity contribution in [2.24, 2.45) is 5.92 Å². The molecule has 5 nitrogen and oxygen atoms in total. The second-order valence-corrected chi connectivity index (χ2v) is 6.68. The fourth-order valence-corrected chi connectivity index (χ4v) is 3.43. The van der Waals surface area contributed by atoms with Crippen molar-refractivity contribution >= 4 is 12.1 Å². The first-order valence-corrected chi connectivity index (χ1v) is 8.74. The van der Waals surface area contributed by atoms with E-state index in [-0.39, 0.29) is 6.04 Å². The van der Waals surface area contributed by atoms with Crippen LogP contribution in [-0.4, -0.2) is 46.4 Å². The maximum atomic E-state index is 10.9. The van der Waals surface area contributed by atoms with Crippen LogP contribution in [0.5, 0.6) is 5.75 Å². The summed E-state index contributed by atoms with van der Waals surface area (Å²) < 4.78 is 10.8. The fourth-order valence-electron chi connectivity index (χ4n) is 3.43. The molecule has 1 N–H and O–H groups in total. The van der Waals surface area contributed by atoms with Crippen molar-refractivity contribution < 1.29 is 14.3 Å². The minimum atomic E-state index is 0.155. The molecule has 0 saturated heterocycles. The number of anilines is 1. The first kappa shape index (κ1) is 18.6. The van der Waals surface area contributed by atoms with Gasteiger partial charge in [0, 0.05) is 32.8 Å². The first-order chi connectivity index (χ1) is 11.6. The number of hydrogen-bond acceptors (Lipinski definition) is 4. The Balaban J connectivity index is 2.24. The molecule has 134 valence electrons. The zero-order valence-electron chi connectivity index (χ0n) is 15.3. The maximum absolute atomic E-state index is 10.9. The van der Waals surface area contributed by atoms with Gasteiger partial charge in [-0.15, -0.1) is 0 Å². The largest absolute Gasteiger partial charge is 0.495 e. The van der Waals surface area contributed by atoms with Gasteiger partial charge in [-0.25, -0.2) is 0 Å². The predicted molar refractivity (Wildman–Crippen MR) is 96.9 cm³/mol. The molecule has 0 aromatic heterocycles. The summed E-state index contributed by atoms with van der Waals surface area (Å²) in [5.41, 5.74) is 3.90. The average molecular weight is 334 g/mol. The molecule has 1 aliphatic heterocycles. The van der Waals surface area contributed by atoms with Crippen molar-refractivity contribution in [1.82, 2.24) is 5.32 Å². The van der Waals surface area contributed by atoms with Gasteiger partial charge in [-0.3, -0.25) is 4.79 Å². The number of fused-ring (bicyclic) bond motifs is 1. The third kappa shape index (κ3) is 4.20. The number of carbonyl (C=O) groups is 1. The van der Waals surface area contributed by atoms with E-state index in [0.29, 0.717) is 5.92 Å². The molecule has 2 rings (SSSR count). The number of methoxy groups -OCH3 is 2. The monoisotopic (exact) mass is 334 g/mol. The van der Waals surface area contributed by atoms with Gasteiger partial charge in [0.05, 0.1) is 12.8 Å². The highest BCUT2D eigenvalue weighted by molar-refractivity contribution is 5.69. The van der Waals surface area contributed by atoms with E-state index >= 15 is 0 Å². The number of nitrogens with zero attached hydrogens (tertiary/aromatic N) is 1. The molecular formula is C19H30N2O3. The number of nitrogens with one attached hydrogen (secondary N) is 1.